The predicted octanol–water partition coefficient (Wildman–Crippen LogP) is 2.41. The van der Waals surface area contributed by atoms with E-state index in [1.54, 1.807) is 12.1 Å². The van der Waals surface area contributed by atoms with E-state index in [1.165, 1.54) is 12.1 Å². The molecule has 5 N–H and O–H groups in total. The Morgan fingerprint density at radius 2 is 1.73 bits per heavy atom. The smallest absolute Gasteiger partial charge is 0.157 e. The predicted molar refractivity (Wildman–Crippen MR) is 84.6 cm³/mol. The number of aromatic hydroxyl groups is 3. The molecular weight excluding hydrogens is 350 g/mol. The van der Waals surface area contributed by atoms with E-state index < -0.39 is 5.60 Å². The lowest BCUT2D eigenvalue weighted by molar-refractivity contribution is 0.0454. The Hall–Kier alpha value is -1.92. The third kappa shape index (κ3) is 1.74. The van der Waals surface area contributed by atoms with Gasteiger partial charge in [-0.05, 0) is 50.8 Å². The molecule has 4 rings (SSSR count). The molecule has 2 atom stereocenters. The number of benzene rings is 2. The average molecular weight is 364 g/mol. The van der Waals surface area contributed by atoms with Gasteiger partial charge in [0.2, 0.25) is 0 Å². The molecule has 0 bridgehead atoms. The van der Waals surface area contributed by atoms with Gasteiger partial charge in [-0.1, -0.05) is 0 Å². The van der Waals surface area contributed by atoms with Crippen molar-refractivity contribution < 1.29 is 20.4 Å². The van der Waals surface area contributed by atoms with Crippen molar-refractivity contribution in [3.8, 4) is 17.2 Å². The summed E-state index contributed by atoms with van der Waals surface area (Å²) in [6.45, 7) is 0.335. The van der Waals surface area contributed by atoms with Gasteiger partial charge in [-0.2, -0.15) is 0 Å². The van der Waals surface area contributed by atoms with Crippen molar-refractivity contribution in [2.75, 3.05) is 11.9 Å². The number of fused-ring (bicyclic) bond motifs is 5. The molecule has 2 aromatic rings. The minimum atomic E-state index is -1.02. The average Bonchev–Trinajstić information content (AvgIpc) is 2.73. The standard InChI is InChI=1S/C16H14BrNO4/c17-10-2-9-11(4-12(10)19)18-6-16(22)5-7-1-13(20)14(21)3-8(7)15(9)16/h1-4,15,18-22H,5-6H2/t15-,16-/m1/s1. The molecule has 1 aliphatic carbocycles. The van der Waals surface area contributed by atoms with Crippen LogP contribution in [0.3, 0.4) is 0 Å². The molecule has 6 heteroatoms. The molecule has 0 amide bonds. The second kappa shape index (κ2) is 4.30. The Bertz CT molecular complexity index is 807. The van der Waals surface area contributed by atoms with E-state index in [0.717, 1.165) is 22.4 Å². The van der Waals surface area contributed by atoms with E-state index in [1.807, 2.05) is 0 Å². The van der Waals surface area contributed by atoms with Gasteiger partial charge in [0.1, 0.15) is 5.75 Å². The summed E-state index contributed by atoms with van der Waals surface area (Å²) in [5.74, 6) is -0.562. The summed E-state index contributed by atoms with van der Waals surface area (Å²) in [6, 6.07) is 6.43. The van der Waals surface area contributed by atoms with E-state index >= 15 is 0 Å². The van der Waals surface area contributed by atoms with Crippen molar-refractivity contribution in [3.05, 3.63) is 45.4 Å². The van der Waals surface area contributed by atoms with Crippen LogP contribution >= 0.6 is 15.9 Å². The number of hydrogen-bond acceptors (Lipinski definition) is 5. The van der Waals surface area contributed by atoms with Crippen LogP contribution < -0.4 is 5.32 Å². The van der Waals surface area contributed by atoms with Gasteiger partial charge in [0.05, 0.1) is 10.1 Å². The first-order chi connectivity index (χ1) is 10.4. The fourth-order valence-electron chi connectivity index (χ4n) is 3.62. The highest BCUT2D eigenvalue weighted by molar-refractivity contribution is 9.10. The van der Waals surface area contributed by atoms with Gasteiger partial charge in [0, 0.05) is 30.6 Å². The molecule has 1 aliphatic heterocycles. The zero-order chi connectivity index (χ0) is 15.6. The number of halogens is 1. The van der Waals surface area contributed by atoms with E-state index in [9.17, 15) is 20.4 Å². The van der Waals surface area contributed by atoms with E-state index in [-0.39, 0.29) is 23.2 Å². The summed E-state index contributed by atoms with van der Waals surface area (Å²) in [5.41, 5.74) is 2.21. The highest BCUT2D eigenvalue weighted by Crippen LogP contribution is 2.53. The molecule has 114 valence electrons. The molecule has 2 aliphatic rings. The lowest BCUT2D eigenvalue weighted by atomic mass is 9.79. The maximum atomic E-state index is 11.0. The molecule has 1 heterocycles. The number of anilines is 1. The van der Waals surface area contributed by atoms with Crippen molar-refractivity contribution >= 4 is 21.6 Å². The SMILES string of the molecule is Oc1cc2c(cc1O)[C@@H]1c3cc(Br)c(O)cc3NC[C@]1(O)C2. The molecule has 22 heavy (non-hydrogen) atoms. The van der Waals surface area contributed by atoms with Gasteiger partial charge >= 0.3 is 0 Å². The Balaban J connectivity index is 1.96. The third-order valence-electron chi connectivity index (χ3n) is 4.60. The fraction of sp³-hybridized carbons (Fsp3) is 0.250. The number of hydrogen-bond donors (Lipinski definition) is 5. The van der Waals surface area contributed by atoms with Crippen LogP contribution in [-0.4, -0.2) is 32.6 Å². The quantitative estimate of drug-likeness (QED) is 0.463. The van der Waals surface area contributed by atoms with Crippen molar-refractivity contribution in [3.63, 3.8) is 0 Å². The first-order valence-corrected chi connectivity index (χ1v) is 7.72. The topological polar surface area (TPSA) is 93.0 Å². The van der Waals surface area contributed by atoms with Crippen molar-refractivity contribution in [2.45, 2.75) is 17.9 Å². The molecule has 2 aromatic carbocycles. The van der Waals surface area contributed by atoms with E-state index in [2.05, 4.69) is 21.2 Å². The number of aliphatic hydroxyl groups is 1. The Morgan fingerprint density at radius 3 is 2.50 bits per heavy atom. The summed E-state index contributed by atoms with van der Waals surface area (Å²) in [4.78, 5) is 0. The second-order valence-corrected chi connectivity index (χ2v) is 6.85. The zero-order valence-corrected chi connectivity index (χ0v) is 13.1. The highest BCUT2D eigenvalue weighted by Gasteiger charge is 2.49. The fourth-order valence-corrected chi connectivity index (χ4v) is 3.98. The Kier molecular flexibility index (Phi) is 2.68. The van der Waals surface area contributed by atoms with Gasteiger partial charge in [-0.3, -0.25) is 0 Å². The molecule has 0 spiro atoms. The van der Waals surface area contributed by atoms with Crippen LogP contribution in [0.5, 0.6) is 17.2 Å². The van der Waals surface area contributed by atoms with Crippen LogP contribution in [-0.2, 0) is 6.42 Å². The summed E-state index contributed by atoms with van der Waals surface area (Å²) in [7, 11) is 0. The van der Waals surface area contributed by atoms with Gasteiger partial charge in [-0.25, -0.2) is 0 Å². The molecule has 0 fully saturated rings. The lowest BCUT2D eigenvalue weighted by Crippen LogP contribution is -2.45. The van der Waals surface area contributed by atoms with Gasteiger partial charge in [-0.15, -0.1) is 0 Å². The first kappa shape index (κ1) is 13.7. The molecular formula is C16H14BrNO4. The summed E-state index contributed by atoms with van der Waals surface area (Å²) < 4.78 is 0.550. The van der Waals surface area contributed by atoms with Gasteiger partial charge in [0.15, 0.2) is 11.5 Å². The molecule has 5 nitrogen and oxygen atoms in total. The molecule has 0 aromatic heterocycles. The van der Waals surface area contributed by atoms with E-state index in [0.29, 0.717) is 17.4 Å². The zero-order valence-electron chi connectivity index (χ0n) is 11.5. The largest absolute Gasteiger partial charge is 0.507 e. The molecule has 0 saturated heterocycles. The highest BCUT2D eigenvalue weighted by atomic mass is 79.9. The van der Waals surface area contributed by atoms with Crippen LogP contribution in [0.15, 0.2) is 28.7 Å². The van der Waals surface area contributed by atoms with Crippen LogP contribution in [0.25, 0.3) is 0 Å². The minimum absolute atomic E-state index is 0.128. The summed E-state index contributed by atoms with van der Waals surface area (Å²) in [6.07, 6.45) is 0.395. The van der Waals surface area contributed by atoms with E-state index in [4.69, 9.17) is 0 Å². The van der Waals surface area contributed by atoms with Crippen molar-refractivity contribution in [2.24, 2.45) is 0 Å². The number of phenolic OH excluding ortho intramolecular Hbond substituents is 3. The molecule has 0 saturated carbocycles. The third-order valence-corrected chi connectivity index (χ3v) is 5.23. The normalized spacial score (nSPS) is 25.1. The maximum Gasteiger partial charge on any atom is 0.157 e. The van der Waals surface area contributed by atoms with Crippen LogP contribution in [0.1, 0.15) is 22.6 Å². The number of phenols is 3. The Morgan fingerprint density at radius 1 is 1.00 bits per heavy atom. The minimum Gasteiger partial charge on any atom is -0.507 e. The van der Waals surface area contributed by atoms with Crippen LogP contribution in [0.2, 0.25) is 0 Å². The first-order valence-electron chi connectivity index (χ1n) is 6.92. The maximum absolute atomic E-state index is 11.0. The van der Waals surface area contributed by atoms with Crippen molar-refractivity contribution in [1.82, 2.24) is 0 Å². The van der Waals surface area contributed by atoms with Crippen LogP contribution in [0.4, 0.5) is 5.69 Å². The molecule has 0 unspecified atom stereocenters. The summed E-state index contributed by atoms with van der Waals surface area (Å²) >= 11 is 3.31. The number of β-amino-alcohol motifs (C(OH)–C–C–N with tert-alkyl or cyclic N) is 1. The summed E-state index contributed by atoms with van der Waals surface area (Å²) in [5, 5.41) is 43.5. The Labute approximate surface area is 135 Å². The second-order valence-electron chi connectivity index (χ2n) is 6.00. The van der Waals surface area contributed by atoms with Gasteiger partial charge < -0.3 is 25.7 Å². The number of rotatable bonds is 0. The molecule has 0 radical (unpaired) electrons. The van der Waals surface area contributed by atoms with Crippen molar-refractivity contribution in [1.29, 1.82) is 0 Å². The number of nitrogens with one attached hydrogen (secondary N) is 1. The van der Waals surface area contributed by atoms with Crippen LogP contribution in [0, 0.1) is 0 Å². The monoisotopic (exact) mass is 363 g/mol. The van der Waals surface area contributed by atoms with Gasteiger partial charge in [0.25, 0.3) is 0 Å². The lowest BCUT2D eigenvalue weighted by Gasteiger charge is -2.37.